The Hall–Kier alpha value is -3.55. The predicted octanol–water partition coefficient (Wildman–Crippen LogP) is 3.72. The van der Waals surface area contributed by atoms with E-state index in [1.54, 1.807) is 51.1 Å². The second-order valence-electron chi connectivity index (χ2n) is 7.74. The molecule has 0 unspecified atom stereocenters. The number of alkyl carbamates (subject to hydrolysis) is 2. The van der Waals surface area contributed by atoms with Crippen molar-refractivity contribution in [1.29, 1.82) is 0 Å². The molecule has 0 bridgehead atoms. The quantitative estimate of drug-likeness (QED) is 0.515. The number of carbonyl (C=O) groups excluding carboxylic acids is 3. The van der Waals surface area contributed by atoms with E-state index in [2.05, 4.69) is 10.6 Å². The van der Waals surface area contributed by atoms with E-state index in [1.807, 2.05) is 30.3 Å². The zero-order valence-electron chi connectivity index (χ0n) is 18.1. The Balaban J connectivity index is 2.21. The van der Waals surface area contributed by atoms with E-state index in [4.69, 9.17) is 14.2 Å². The number of nitrogens with one attached hydrogen (secondary N) is 2. The van der Waals surface area contributed by atoms with E-state index < -0.39 is 35.8 Å². The lowest BCUT2D eigenvalue weighted by atomic mass is 9.99. The number of esters is 1. The molecule has 0 saturated heterocycles. The zero-order valence-corrected chi connectivity index (χ0v) is 18.1. The summed E-state index contributed by atoms with van der Waals surface area (Å²) in [5.41, 5.74) is 0.616. The molecule has 8 nitrogen and oxygen atoms in total. The van der Waals surface area contributed by atoms with Crippen molar-refractivity contribution in [1.82, 2.24) is 10.6 Å². The Morgan fingerprint density at radius 3 is 2.00 bits per heavy atom. The Labute approximate surface area is 181 Å². The molecule has 0 aliphatic carbocycles. The molecule has 2 aromatic carbocycles. The van der Waals surface area contributed by atoms with Crippen LogP contribution in [0, 0.1) is 0 Å². The lowest BCUT2D eigenvalue weighted by Crippen LogP contribution is -2.52. The van der Waals surface area contributed by atoms with Crippen LogP contribution in [0.4, 0.5) is 9.59 Å². The van der Waals surface area contributed by atoms with Gasteiger partial charge in [0.25, 0.3) is 0 Å². The van der Waals surface area contributed by atoms with Gasteiger partial charge in [-0.2, -0.15) is 0 Å². The van der Waals surface area contributed by atoms with Crippen LogP contribution >= 0.6 is 0 Å². The van der Waals surface area contributed by atoms with Gasteiger partial charge in [-0.25, -0.2) is 14.4 Å². The topological polar surface area (TPSA) is 103 Å². The third-order valence-corrected chi connectivity index (χ3v) is 4.11. The minimum absolute atomic E-state index is 0.0522. The van der Waals surface area contributed by atoms with E-state index in [9.17, 15) is 14.4 Å². The average molecular weight is 428 g/mol. The standard InChI is InChI=1S/C23H28N2O6/c1-23(2,3)31-22(28)25-19(20(26)29-4)18(17-13-9-6-10-14-17)24-21(27)30-15-16-11-7-5-8-12-16/h5-14,18-19H,15H2,1-4H3,(H,24,27)(H,25,28)/t18-,19+/m0/s1. The predicted molar refractivity (Wildman–Crippen MR) is 114 cm³/mol. The van der Waals surface area contributed by atoms with E-state index >= 15 is 0 Å². The van der Waals surface area contributed by atoms with Crippen molar-refractivity contribution >= 4 is 18.2 Å². The first-order valence-corrected chi connectivity index (χ1v) is 9.79. The minimum Gasteiger partial charge on any atom is -0.467 e. The van der Waals surface area contributed by atoms with E-state index in [-0.39, 0.29) is 6.61 Å². The number of hydrogen-bond acceptors (Lipinski definition) is 6. The van der Waals surface area contributed by atoms with Crippen molar-refractivity contribution in [3.8, 4) is 0 Å². The maximum atomic E-state index is 12.5. The van der Waals surface area contributed by atoms with Crippen LogP contribution in [-0.2, 0) is 25.6 Å². The number of benzene rings is 2. The Morgan fingerprint density at radius 1 is 0.871 bits per heavy atom. The van der Waals surface area contributed by atoms with E-state index in [0.29, 0.717) is 5.56 Å². The molecule has 2 rings (SSSR count). The highest BCUT2D eigenvalue weighted by Crippen LogP contribution is 2.19. The Morgan fingerprint density at radius 2 is 1.45 bits per heavy atom. The summed E-state index contributed by atoms with van der Waals surface area (Å²) in [5, 5.41) is 5.15. The number of ether oxygens (including phenoxy) is 3. The van der Waals surface area contributed by atoms with Gasteiger partial charge >= 0.3 is 18.2 Å². The van der Waals surface area contributed by atoms with Crippen LogP contribution in [0.3, 0.4) is 0 Å². The van der Waals surface area contributed by atoms with Gasteiger partial charge in [0, 0.05) is 0 Å². The summed E-state index contributed by atoms with van der Waals surface area (Å²) in [4.78, 5) is 37.3. The van der Waals surface area contributed by atoms with Gasteiger partial charge in [0.05, 0.1) is 13.2 Å². The van der Waals surface area contributed by atoms with Crippen molar-refractivity contribution in [3.63, 3.8) is 0 Å². The molecule has 166 valence electrons. The summed E-state index contributed by atoms with van der Waals surface area (Å²) in [7, 11) is 1.20. The van der Waals surface area contributed by atoms with Gasteiger partial charge < -0.3 is 24.8 Å². The summed E-state index contributed by atoms with van der Waals surface area (Å²) in [6.07, 6.45) is -1.57. The molecule has 31 heavy (non-hydrogen) atoms. The SMILES string of the molecule is COC(=O)[C@H](NC(=O)OC(C)(C)C)[C@@H](NC(=O)OCc1ccccc1)c1ccccc1. The molecule has 2 amide bonds. The molecule has 0 fully saturated rings. The monoisotopic (exact) mass is 428 g/mol. The smallest absolute Gasteiger partial charge is 0.408 e. The Kier molecular flexibility index (Phi) is 8.43. The fraction of sp³-hybridized carbons (Fsp3) is 0.348. The summed E-state index contributed by atoms with van der Waals surface area (Å²) in [5.74, 6) is -0.747. The van der Waals surface area contributed by atoms with E-state index in [1.165, 1.54) is 7.11 Å². The van der Waals surface area contributed by atoms with Crippen molar-refractivity contribution in [3.05, 3.63) is 71.8 Å². The molecular formula is C23H28N2O6. The summed E-state index contributed by atoms with van der Waals surface area (Å²) < 4.78 is 15.4. The first-order chi connectivity index (χ1) is 14.7. The maximum Gasteiger partial charge on any atom is 0.408 e. The lowest BCUT2D eigenvalue weighted by molar-refractivity contribution is -0.144. The van der Waals surface area contributed by atoms with Gasteiger partial charge in [-0.1, -0.05) is 60.7 Å². The van der Waals surface area contributed by atoms with Crippen molar-refractivity contribution in [2.24, 2.45) is 0 Å². The fourth-order valence-corrected chi connectivity index (χ4v) is 2.75. The van der Waals surface area contributed by atoms with Crippen LogP contribution in [0.5, 0.6) is 0 Å². The fourth-order valence-electron chi connectivity index (χ4n) is 2.75. The van der Waals surface area contributed by atoms with Gasteiger partial charge in [-0.05, 0) is 31.9 Å². The first kappa shape index (κ1) is 23.7. The van der Waals surface area contributed by atoms with Crippen LogP contribution in [0.25, 0.3) is 0 Å². The molecule has 2 atom stereocenters. The highest BCUT2D eigenvalue weighted by molar-refractivity contribution is 5.83. The van der Waals surface area contributed by atoms with Gasteiger partial charge in [-0.3, -0.25) is 0 Å². The van der Waals surface area contributed by atoms with Gasteiger partial charge in [-0.15, -0.1) is 0 Å². The Bertz CT molecular complexity index is 865. The van der Waals surface area contributed by atoms with Crippen molar-refractivity contribution in [2.75, 3.05) is 7.11 Å². The van der Waals surface area contributed by atoms with Gasteiger partial charge in [0.15, 0.2) is 6.04 Å². The minimum atomic E-state index is -1.24. The average Bonchev–Trinajstić information content (AvgIpc) is 2.74. The van der Waals surface area contributed by atoms with Crippen LogP contribution in [0.1, 0.15) is 37.9 Å². The molecule has 8 heteroatoms. The van der Waals surface area contributed by atoms with Crippen LogP contribution in [-0.4, -0.2) is 36.9 Å². The third kappa shape index (κ3) is 8.00. The molecule has 0 heterocycles. The largest absolute Gasteiger partial charge is 0.467 e. The first-order valence-electron chi connectivity index (χ1n) is 9.79. The van der Waals surface area contributed by atoms with Gasteiger partial charge in [0.2, 0.25) is 0 Å². The molecular weight excluding hydrogens is 400 g/mol. The molecule has 2 N–H and O–H groups in total. The number of rotatable bonds is 7. The summed E-state index contributed by atoms with van der Waals surface area (Å²) in [6, 6.07) is 15.7. The second kappa shape index (κ2) is 11.0. The van der Waals surface area contributed by atoms with Crippen LogP contribution < -0.4 is 10.6 Å². The zero-order chi connectivity index (χ0) is 22.9. The normalized spacial score (nSPS) is 12.8. The number of methoxy groups -OCH3 is 1. The van der Waals surface area contributed by atoms with Crippen molar-refractivity contribution < 1.29 is 28.6 Å². The van der Waals surface area contributed by atoms with Crippen LogP contribution in [0.15, 0.2) is 60.7 Å². The number of carbonyl (C=O) groups is 3. The van der Waals surface area contributed by atoms with Gasteiger partial charge in [0.1, 0.15) is 12.2 Å². The molecule has 0 aromatic heterocycles. The molecule has 0 spiro atoms. The van der Waals surface area contributed by atoms with E-state index in [0.717, 1.165) is 5.56 Å². The number of amides is 2. The molecule has 0 aliphatic heterocycles. The molecule has 2 aromatic rings. The lowest BCUT2D eigenvalue weighted by Gasteiger charge is -2.28. The van der Waals surface area contributed by atoms with Crippen molar-refractivity contribution in [2.45, 2.75) is 45.1 Å². The second-order valence-corrected chi connectivity index (χ2v) is 7.74. The maximum absolute atomic E-state index is 12.5. The molecule has 0 aliphatic rings. The highest BCUT2D eigenvalue weighted by Gasteiger charge is 2.35. The summed E-state index contributed by atoms with van der Waals surface area (Å²) >= 11 is 0. The van der Waals surface area contributed by atoms with Crippen LogP contribution in [0.2, 0.25) is 0 Å². The molecule has 0 saturated carbocycles. The highest BCUT2D eigenvalue weighted by atomic mass is 16.6. The summed E-state index contributed by atoms with van der Waals surface area (Å²) in [6.45, 7) is 5.16. The number of hydrogen-bond donors (Lipinski definition) is 2. The molecule has 0 radical (unpaired) electrons. The third-order valence-electron chi connectivity index (χ3n) is 4.11.